The minimum Gasteiger partial charge on any atom is -0.391 e. The van der Waals surface area contributed by atoms with Gasteiger partial charge in [0.05, 0.1) is 29.4 Å². The van der Waals surface area contributed by atoms with Crippen LogP contribution in [0.15, 0.2) is 59.9 Å². The Bertz CT molecular complexity index is 938. The standard InChI is InChI=1S/C17H19N3O3S/c1-13-5-7-16(8-6-13)24(22,23)20-9-3-4-17(20)15-10-18-19(12-15)11-14(2)21/h3-10,12,14,21H,11H2,1-2H3/t14-/m1/s1. The summed E-state index contributed by atoms with van der Waals surface area (Å²) in [6.45, 7) is 3.94. The average Bonchev–Trinajstić information content (AvgIpc) is 3.15. The first-order chi connectivity index (χ1) is 11.4. The number of nitrogens with zero attached hydrogens (tertiary/aromatic N) is 3. The van der Waals surface area contributed by atoms with Crippen molar-refractivity contribution in [2.75, 3.05) is 0 Å². The third kappa shape index (κ3) is 3.13. The molecule has 0 amide bonds. The highest BCUT2D eigenvalue weighted by Gasteiger charge is 2.20. The summed E-state index contributed by atoms with van der Waals surface area (Å²) in [5.74, 6) is 0. The zero-order valence-corrected chi connectivity index (χ0v) is 14.3. The van der Waals surface area contributed by atoms with E-state index in [0.29, 0.717) is 17.8 Å². The lowest BCUT2D eigenvalue weighted by Gasteiger charge is -2.10. The van der Waals surface area contributed by atoms with Crippen LogP contribution < -0.4 is 0 Å². The fraction of sp³-hybridized carbons (Fsp3) is 0.235. The first-order valence-corrected chi connectivity index (χ1v) is 9.02. The molecule has 3 rings (SSSR count). The van der Waals surface area contributed by atoms with Gasteiger partial charge in [0.1, 0.15) is 0 Å². The molecule has 0 unspecified atom stereocenters. The second-order valence-electron chi connectivity index (χ2n) is 5.81. The summed E-state index contributed by atoms with van der Waals surface area (Å²) in [7, 11) is -3.67. The molecule has 126 valence electrons. The third-order valence-electron chi connectivity index (χ3n) is 3.67. The van der Waals surface area contributed by atoms with Crippen molar-refractivity contribution in [2.45, 2.75) is 31.4 Å². The summed E-state index contributed by atoms with van der Waals surface area (Å²) in [4.78, 5) is 0.238. The van der Waals surface area contributed by atoms with Crippen LogP contribution in [0, 0.1) is 6.92 Å². The van der Waals surface area contributed by atoms with Gasteiger partial charge in [-0.1, -0.05) is 17.7 Å². The van der Waals surface area contributed by atoms with Crippen molar-refractivity contribution in [3.8, 4) is 11.3 Å². The topological polar surface area (TPSA) is 77.1 Å². The minimum atomic E-state index is -3.67. The second-order valence-corrected chi connectivity index (χ2v) is 7.62. The van der Waals surface area contributed by atoms with E-state index in [4.69, 9.17) is 0 Å². The van der Waals surface area contributed by atoms with Crippen LogP contribution in [0.25, 0.3) is 11.3 Å². The maximum atomic E-state index is 12.9. The van der Waals surface area contributed by atoms with Gasteiger partial charge in [-0.25, -0.2) is 12.4 Å². The van der Waals surface area contributed by atoms with Crippen molar-refractivity contribution in [1.82, 2.24) is 13.8 Å². The van der Waals surface area contributed by atoms with E-state index in [9.17, 15) is 13.5 Å². The molecule has 0 aliphatic heterocycles. The molecule has 0 radical (unpaired) electrons. The first kappa shape index (κ1) is 16.5. The van der Waals surface area contributed by atoms with Crippen molar-refractivity contribution < 1.29 is 13.5 Å². The van der Waals surface area contributed by atoms with Crippen molar-refractivity contribution >= 4 is 10.0 Å². The van der Waals surface area contributed by atoms with Crippen LogP contribution in [-0.4, -0.2) is 33.4 Å². The lowest BCUT2D eigenvalue weighted by Crippen LogP contribution is -2.13. The Morgan fingerprint density at radius 3 is 2.58 bits per heavy atom. The van der Waals surface area contributed by atoms with E-state index < -0.39 is 16.1 Å². The average molecular weight is 345 g/mol. The van der Waals surface area contributed by atoms with Crippen molar-refractivity contribution in [1.29, 1.82) is 0 Å². The molecule has 1 N–H and O–H groups in total. The molecule has 0 bridgehead atoms. The molecule has 0 saturated carbocycles. The quantitative estimate of drug-likeness (QED) is 0.769. The van der Waals surface area contributed by atoms with E-state index in [1.165, 1.54) is 10.2 Å². The van der Waals surface area contributed by atoms with E-state index in [0.717, 1.165) is 5.56 Å². The molecule has 24 heavy (non-hydrogen) atoms. The molecule has 1 aromatic carbocycles. The van der Waals surface area contributed by atoms with Crippen LogP contribution in [0.1, 0.15) is 12.5 Å². The molecule has 6 nitrogen and oxygen atoms in total. The Kier molecular flexibility index (Phi) is 4.29. The second kappa shape index (κ2) is 6.26. The molecule has 1 atom stereocenters. The molecule has 2 heterocycles. The monoisotopic (exact) mass is 345 g/mol. The van der Waals surface area contributed by atoms with E-state index in [1.807, 2.05) is 6.92 Å². The number of rotatable bonds is 5. The van der Waals surface area contributed by atoms with E-state index in [1.54, 1.807) is 60.4 Å². The van der Waals surface area contributed by atoms with Crippen LogP contribution in [0.3, 0.4) is 0 Å². The van der Waals surface area contributed by atoms with Gasteiger partial charge in [-0.05, 0) is 38.1 Å². The van der Waals surface area contributed by atoms with Crippen LogP contribution in [0.5, 0.6) is 0 Å². The molecular formula is C17H19N3O3S. The van der Waals surface area contributed by atoms with Gasteiger partial charge in [0.15, 0.2) is 0 Å². The Morgan fingerprint density at radius 1 is 1.21 bits per heavy atom. The lowest BCUT2D eigenvalue weighted by molar-refractivity contribution is 0.168. The molecule has 3 aromatic rings. The SMILES string of the molecule is Cc1ccc(S(=O)(=O)n2cccc2-c2cnn(C[C@@H](C)O)c2)cc1. The smallest absolute Gasteiger partial charge is 0.268 e. The summed E-state index contributed by atoms with van der Waals surface area (Å²) in [6, 6.07) is 10.2. The van der Waals surface area contributed by atoms with Gasteiger partial charge in [0, 0.05) is 18.0 Å². The van der Waals surface area contributed by atoms with Gasteiger partial charge in [0.25, 0.3) is 10.0 Å². The fourth-order valence-electron chi connectivity index (χ4n) is 2.49. The van der Waals surface area contributed by atoms with Crippen molar-refractivity contribution in [3.63, 3.8) is 0 Å². The van der Waals surface area contributed by atoms with Crippen LogP contribution in [-0.2, 0) is 16.6 Å². The fourth-order valence-corrected chi connectivity index (χ4v) is 3.85. The lowest BCUT2D eigenvalue weighted by atomic mass is 10.2. The molecule has 0 saturated heterocycles. The summed E-state index contributed by atoms with van der Waals surface area (Å²) in [6.07, 6.45) is 4.32. The van der Waals surface area contributed by atoms with Gasteiger partial charge >= 0.3 is 0 Å². The number of hydrogen-bond acceptors (Lipinski definition) is 4. The van der Waals surface area contributed by atoms with Crippen LogP contribution in [0.2, 0.25) is 0 Å². The molecule has 0 spiro atoms. The maximum absolute atomic E-state index is 12.9. The largest absolute Gasteiger partial charge is 0.391 e. The van der Waals surface area contributed by atoms with E-state index >= 15 is 0 Å². The highest BCUT2D eigenvalue weighted by Crippen LogP contribution is 2.25. The van der Waals surface area contributed by atoms with Crippen LogP contribution in [0.4, 0.5) is 0 Å². The molecule has 0 aliphatic rings. The number of aliphatic hydroxyl groups excluding tert-OH is 1. The summed E-state index contributed by atoms with van der Waals surface area (Å²) < 4.78 is 28.6. The Morgan fingerprint density at radius 2 is 1.92 bits per heavy atom. The predicted octanol–water partition coefficient (Wildman–Crippen LogP) is 2.28. The molecular weight excluding hydrogens is 326 g/mol. The Labute approximate surface area is 141 Å². The normalized spacial score (nSPS) is 13.1. The molecule has 0 fully saturated rings. The zero-order valence-electron chi connectivity index (χ0n) is 13.5. The van der Waals surface area contributed by atoms with Gasteiger partial charge in [-0.2, -0.15) is 5.10 Å². The zero-order chi connectivity index (χ0) is 17.3. The number of aliphatic hydroxyl groups is 1. The summed E-state index contributed by atoms with van der Waals surface area (Å²) in [5, 5.41) is 13.6. The first-order valence-electron chi connectivity index (χ1n) is 7.58. The van der Waals surface area contributed by atoms with Gasteiger partial charge in [-0.3, -0.25) is 4.68 Å². The highest BCUT2D eigenvalue weighted by molar-refractivity contribution is 7.90. The van der Waals surface area contributed by atoms with Gasteiger partial charge in [-0.15, -0.1) is 0 Å². The van der Waals surface area contributed by atoms with Gasteiger partial charge in [0.2, 0.25) is 0 Å². The minimum absolute atomic E-state index is 0.238. The summed E-state index contributed by atoms with van der Waals surface area (Å²) >= 11 is 0. The summed E-state index contributed by atoms with van der Waals surface area (Å²) in [5.41, 5.74) is 2.21. The maximum Gasteiger partial charge on any atom is 0.268 e. The number of benzene rings is 1. The van der Waals surface area contributed by atoms with Crippen molar-refractivity contribution in [2.24, 2.45) is 0 Å². The Balaban J connectivity index is 2.01. The number of aromatic nitrogens is 3. The highest BCUT2D eigenvalue weighted by atomic mass is 32.2. The Hall–Kier alpha value is -2.38. The molecule has 7 heteroatoms. The third-order valence-corrected chi connectivity index (χ3v) is 5.38. The van der Waals surface area contributed by atoms with Crippen molar-refractivity contribution in [3.05, 3.63) is 60.6 Å². The number of aryl methyl sites for hydroxylation is 1. The number of hydrogen-bond donors (Lipinski definition) is 1. The van der Waals surface area contributed by atoms with E-state index in [2.05, 4.69) is 5.10 Å². The molecule has 2 aromatic heterocycles. The van der Waals surface area contributed by atoms with E-state index in [-0.39, 0.29) is 4.90 Å². The molecule has 0 aliphatic carbocycles. The van der Waals surface area contributed by atoms with Gasteiger partial charge < -0.3 is 5.11 Å². The predicted molar refractivity (Wildman–Crippen MR) is 91.1 cm³/mol. The van der Waals surface area contributed by atoms with Crippen LogP contribution >= 0.6 is 0 Å².